The van der Waals surface area contributed by atoms with E-state index in [-0.39, 0.29) is 12.6 Å². The number of aromatic nitrogens is 1. The van der Waals surface area contributed by atoms with Crippen molar-refractivity contribution in [2.45, 2.75) is 19.9 Å². The maximum atomic E-state index is 11.6. The zero-order valence-corrected chi connectivity index (χ0v) is 10.7. The Bertz CT molecular complexity index is 419. The van der Waals surface area contributed by atoms with Crippen LogP contribution in [0.5, 0.6) is 0 Å². The van der Waals surface area contributed by atoms with Crippen LogP contribution in [0.1, 0.15) is 23.7 Å². The van der Waals surface area contributed by atoms with Crippen molar-refractivity contribution in [2.75, 3.05) is 13.6 Å². The number of hydrogen-bond acceptors (Lipinski definition) is 4. The largest absolute Gasteiger partial charge is 0.480 e. The molecule has 1 aromatic heterocycles. The normalized spacial score (nSPS) is 11.9. The highest BCUT2D eigenvalue weighted by Crippen LogP contribution is 2.17. The quantitative estimate of drug-likeness (QED) is 0.850. The third-order valence-electron chi connectivity index (χ3n) is 2.07. The number of likely N-dealkylation sites (N-methyl/N-ethyl adjacent to an activating group) is 1. The van der Waals surface area contributed by atoms with Gasteiger partial charge >= 0.3 is 12.0 Å². The summed E-state index contributed by atoms with van der Waals surface area (Å²) in [6, 6.07) is -0.648. The fourth-order valence-electron chi connectivity index (χ4n) is 1.20. The summed E-state index contributed by atoms with van der Waals surface area (Å²) in [4.78, 5) is 27.4. The first kappa shape index (κ1) is 13.4. The summed E-state index contributed by atoms with van der Waals surface area (Å²) in [5.41, 5.74) is 0.907. The number of rotatable bonds is 4. The molecule has 0 aliphatic carbocycles. The minimum absolute atomic E-state index is 0.225. The van der Waals surface area contributed by atoms with E-state index in [0.29, 0.717) is 0 Å². The van der Waals surface area contributed by atoms with Crippen LogP contribution in [0.25, 0.3) is 0 Å². The molecule has 1 unspecified atom stereocenters. The summed E-state index contributed by atoms with van der Waals surface area (Å²) in [7, 11) is 1.43. The molecule has 0 saturated carbocycles. The molecule has 0 bridgehead atoms. The monoisotopic (exact) mass is 257 g/mol. The molecular weight excluding hydrogens is 242 g/mol. The molecule has 2 amide bonds. The molecule has 2 N–H and O–H groups in total. The van der Waals surface area contributed by atoms with Gasteiger partial charge in [-0.3, -0.25) is 4.79 Å². The van der Waals surface area contributed by atoms with E-state index in [1.807, 2.05) is 19.2 Å². The van der Waals surface area contributed by atoms with Gasteiger partial charge in [-0.25, -0.2) is 9.78 Å². The molecular formula is C10H15N3O3S. The molecule has 1 rings (SSSR count). The van der Waals surface area contributed by atoms with Crippen molar-refractivity contribution in [3.8, 4) is 0 Å². The van der Waals surface area contributed by atoms with Crippen molar-refractivity contribution in [3.63, 3.8) is 0 Å². The zero-order valence-electron chi connectivity index (χ0n) is 9.93. The van der Waals surface area contributed by atoms with Gasteiger partial charge in [0.25, 0.3) is 0 Å². The van der Waals surface area contributed by atoms with Crippen LogP contribution >= 0.6 is 11.3 Å². The van der Waals surface area contributed by atoms with E-state index < -0.39 is 12.0 Å². The lowest BCUT2D eigenvalue weighted by atomic mass is 10.3. The van der Waals surface area contributed by atoms with Gasteiger partial charge in [0.05, 0.1) is 6.04 Å². The molecule has 0 saturated heterocycles. The fraction of sp³-hybridized carbons (Fsp3) is 0.500. The molecule has 1 atom stereocenters. The molecule has 1 aromatic rings. The number of thiazole rings is 1. The number of urea groups is 1. The smallest absolute Gasteiger partial charge is 0.323 e. The molecule has 94 valence electrons. The Labute approximate surface area is 103 Å². The zero-order chi connectivity index (χ0) is 13.0. The second kappa shape index (κ2) is 5.62. The molecule has 0 radical (unpaired) electrons. The fourth-order valence-corrected chi connectivity index (χ4v) is 2.01. The predicted molar refractivity (Wildman–Crippen MR) is 64.1 cm³/mol. The summed E-state index contributed by atoms with van der Waals surface area (Å²) >= 11 is 1.46. The topological polar surface area (TPSA) is 82.5 Å². The number of aryl methyl sites for hydroxylation is 1. The number of nitrogens with zero attached hydrogens (tertiary/aromatic N) is 2. The van der Waals surface area contributed by atoms with Crippen molar-refractivity contribution in [3.05, 3.63) is 16.1 Å². The Kier molecular flexibility index (Phi) is 4.45. The van der Waals surface area contributed by atoms with Gasteiger partial charge in [0.15, 0.2) is 0 Å². The number of carboxylic acid groups (broad SMARTS) is 1. The Morgan fingerprint density at radius 3 is 2.76 bits per heavy atom. The first-order valence-corrected chi connectivity index (χ1v) is 5.93. The highest BCUT2D eigenvalue weighted by Gasteiger charge is 2.16. The maximum absolute atomic E-state index is 11.6. The highest BCUT2D eigenvalue weighted by atomic mass is 32.1. The van der Waals surface area contributed by atoms with Crippen LogP contribution in [0.2, 0.25) is 0 Å². The molecule has 1 heterocycles. The Hall–Kier alpha value is -1.63. The average Bonchev–Trinajstić information content (AvgIpc) is 2.63. The van der Waals surface area contributed by atoms with Crippen LogP contribution in [-0.4, -0.2) is 40.6 Å². The number of amides is 2. The molecule has 6 nitrogen and oxygen atoms in total. The van der Waals surface area contributed by atoms with Gasteiger partial charge in [0, 0.05) is 18.1 Å². The van der Waals surface area contributed by atoms with Crippen molar-refractivity contribution in [2.24, 2.45) is 0 Å². The molecule has 0 fully saturated rings. The minimum Gasteiger partial charge on any atom is -0.480 e. The van der Waals surface area contributed by atoms with Gasteiger partial charge in [0.1, 0.15) is 11.6 Å². The van der Waals surface area contributed by atoms with E-state index in [0.717, 1.165) is 15.6 Å². The number of nitrogens with one attached hydrogen (secondary N) is 1. The van der Waals surface area contributed by atoms with Gasteiger partial charge in [-0.05, 0) is 13.8 Å². The number of aliphatic carboxylic acids is 1. The van der Waals surface area contributed by atoms with Gasteiger partial charge < -0.3 is 15.3 Å². The summed E-state index contributed by atoms with van der Waals surface area (Å²) in [5, 5.41) is 13.9. The summed E-state index contributed by atoms with van der Waals surface area (Å²) in [6.07, 6.45) is 0. The molecule has 0 aliphatic rings. The summed E-state index contributed by atoms with van der Waals surface area (Å²) in [5.74, 6) is -1.04. The van der Waals surface area contributed by atoms with E-state index in [1.54, 1.807) is 0 Å². The number of hydrogen-bond donors (Lipinski definition) is 2. The van der Waals surface area contributed by atoms with Crippen molar-refractivity contribution >= 4 is 23.3 Å². The van der Waals surface area contributed by atoms with Gasteiger partial charge in [-0.15, -0.1) is 11.3 Å². The van der Waals surface area contributed by atoms with Gasteiger partial charge in [-0.2, -0.15) is 0 Å². The second-order valence-electron chi connectivity index (χ2n) is 3.75. The standard InChI is InChI=1S/C10H15N3O3S/c1-6-5-17-9(11-6)7(2)12-10(16)13(3)4-8(14)15/h5,7H,4H2,1-3H3,(H,12,16)(H,14,15). The lowest BCUT2D eigenvalue weighted by Crippen LogP contribution is -2.41. The average molecular weight is 257 g/mol. The van der Waals surface area contributed by atoms with Crippen molar-refractivity contribution < 1.29 is 14.7 Å². The van der Waals surface area contributed by atoms with Crippen LogP contribution in [0.3, 0.4) is 0 Å². The maximum Gasteiger partial charge on any atom is 0.323 e. The first-order valence-electron chi connectivity index (χ1n) is 5.05. The molecule has 0 spiro atoms. The molecule has 0 aromatic carbocycles. The van der Waals surface area contributed by atoms with Crippen LogP contribution < -0.4 is 5.32 Å². The Morgan fingerprint density at radius 1 is 1.65 bits per heavy atom. The second-order valence-corrected chi connectivity index (χ2v) is 4.64. The van der Waals surface area contributed by atoms with E-state index in [2.05, 4.69) is 10.3 Å². The highest BCUT2D eigenvalue weighted by molar-refractivity contribution is 7.09. The molecule has 7 heteroatoms. The number of carbonyl (C=O) groups excluding carboxylic acids is 1. The number of carboxylic acids is 1. The lowest BCUT2D eigenvalue weighted by Gasteiger charge is -2.18. The first-order chi connectivity index (χ1) is 7.90. The number of carbonyl (C=O) groups is 2. The van der Waals surface area contributed by atoms with E-state index in [1.165, 1.54) is 18.4 Å². The van der Waals surface area contributed by atoms with Gasteiger partial charge in [0.2, 0.25) is 0 Å². The summed E-state index contributed by atoms with van der Waals surface area (Å²) in [6.45, 7) is 3.37. The van der Waals surface area contributed by atoms with E-state index in [4.69, 9.17) is 5.11 Å². The van der Waals surface area contributed by atoms with E-state index in [9.17, 15) is 9.59 Å². The van der Waals surface area contributed by atoms with Crippen molar-refractivity contribution in [1.82, 2.24) is 15.2 Å². The minimum atomic E-state index is -1.04. The molecule has 0 aliphatic heterocycles. The Morgan fingerprint density at radius 2 is 2.29 bits per heavy atom. The van der Waals surface area contributed by atoms with Crippen molar-refractivity contribution in [1.29, 1.82) is 0 Å². The lowest BCUT2D eigenvalue weighted by molar-refractivity contribution is -0.137. The molecule has 17 heavy (non-hydrogen) atoms. The van der Waals surface area contributed by atoms with Gasteiger partial charge in [-0.1, -0.05) is 0 Å². The van der Waals surface area contributed by atoms with Crippen LogP contribution in [0, 0.1) is 6.92 Å². The predicted octanol–water partition coefficient (Wildman–Crippen LogP) is 1.24. The van der Waals surface area contributed by atoms with Crippen LogP contribution in [-0.2, 0) is 4.79 Å². The van der Waals surface area contributed by atoms with Crippen LogP contribution in [0.15, 0.2) is 5.38 Å². The Balaban J connectivity index is 2.53. The van der Waals surface area contributed by atoms with E-state index >= 15 is 0 Å². The third-order valence-corrected chi connectivity index (χ3v) is 3.21. The summed E-state index contributed by atoms with van der Waals surface area (Å²) < 4.78 is 0. The van der Waals surface area contributed by atoms with Crippen LogP contribution in [0.4, 0.5) is 4.79 Å². The third kappa shape index (κ3) is 4.03. The SMILES string of the molecule is Cc1csc(C(C)NC(=O)N(C)CC(=O)O)n1.